The summed E-state index contributed by atoms with van der Waals surface area (Å²) >= 11 is -0.772. The van der Waals surface area contributed by atoms with Crippen molar-refractivity contribution in [3.05, 3.63) is 29.8 Å². The van der Waals surface area contributed by atoms with Gasteiger partial charge in [-0.3, -0.25) is 21.4 Å². The van der Waals surface area contributed by atoms with Gasteiger partial charge in [-0.2, -0.15) is 0 Å². The number of benzene rings is 1. The maximum Gasteiger partial charge on any atom is 0.217 e. The molecule has 1 aromatic carbocycles. The maximum absolute atomic E-state index is 11.7. The summed E-state index contributed by atoms with van der Waals surface area (Å²) in [6, 6.07) is 7.24. The second-order valence-electron chi connectivity index (χ2n) is 3.90. The molecular weight excluding hydrogens is 210 g/mol. The summed E-state index contributed by atoms with van der Waals surface area (Å²) in [5.74, 6) is 0.552. The van der Waals surface area contributed by atoms with Gasteiger partial charge in [-0.1, -0.05) is 12.1 Å². The summed E-state index contributed by atoms with van der Waals surface area (Å²) in [7, 11) is 0. The molecular formula is C11H15NO2S. The van der Waals surface area contributed by atoms with Crippen LogP contribution in [0.15, 0.2) is 24.3 Å². The number of anilines is 1. The lowest BCUT2D eigenvalue weighted by atomic mass is 9.92. The van der Waals surface area contributed by atoms with Gasteiger partial charge < -0.3 is 5.73 Å². The van der Waals surface area contributed by atoms with Crippen molar-refractivity contribution in [1.29, 1.82) is 0 Å². The van der Waals surface area contributed by atoms with Crippen LogP contribution in [-0.4, -0.2) is 16.7 Å². The molecule has 2 rings (SSSR count). The first-order valence-corrected chi connectivity index (χ1v) is 6.81. The molecule has 1 saturated heterocycles. The molecule has 1 aliphatic heterocycles. The van der Waals surface area contributed by atoms with Crippen molar-refractivity contribution in [3.8, 4) is 0 Å². The average Bonchev–Trinajstić information content (AvgIpc) is 2.24. The lowest BCUT2D eigenvalue weighted by Gasteiger charge is -2.21. The van der Waals surface area contributed by atoms with Crippen molar-refractivity contribution >= 4 is 28.3 Å². The van der Waals surface area contributed by atoms with E-state index < -0.39 is 11.8 Å². The normalized spacial score (nSPS) is 22.3. The average molecular weight is 225 g/mol. The fourth-order valence-corrected chi connectivity index (χ4v) is 3.39. The molecule has 1 aliphatic rings. The summed E-state index contributed by atoms with van der Waals surface area (Å²) in [5.41, 5.74) is 7.18. The number of Topliss-reactive ketones (excluding diaryl/α,β-unsaturated/α-hetero) is 1. The van der Waals surface area contributed by atoms with Crippen molar-refractivity contribution in [1.82, 2.24) is 0 Å². The lowest BCUT2D eigenvalue weighted by molar-refractivity contribution is -0.133. The van der Waals surface area contributed by atoms with Crippen LogP contribution >= 0.6 is 11.8 Å². The summed E-state index contributed by atoms with van der Waals surface area (Å²) in [6.45, 7) is 0. The van der Waals surface area contributed by atoms with Gasteiger partial charge in [0.05, 0.1) is 5.92 Å². The highest BCUT2D eigenvalue weighted by Crippen LogP contribution is 2.30. The van der Waals surface area contributed by atoms with Crippen molar-refractivity contribution < 1.29 is 9.59 Å². The fraction of sp³-hybridized carbons (Fsp3) is 0.273. The molecule has 82 valence electrons. The molecule has 0 bridgehead atoms. The third-order valence-electron chi connectivity index (χ3n) is 2.83. The number of hydrogen-bond donors (Lipinski definition) is 1. The summed E-state index contributed by atoms with van der Waals surface area (Å²) in [5, 5.41) is -0.0944. The Morgan fingerprint density at radius 3 is 2.53 bits per heavy atom. The number of carbonyl (C=O) groups excluding carboxylic acids is 2. The van der Waals surface area contributed by atoms with Crippen LogP contribution < -0.4 is 5.73 Å². The molecule has 0 radical (unpaired) electrons. The van der Waals surface area contributed by atoms with Gasteiger partial charge in [-0.05, 0) is 29.9 Å². The molecule has 1 aromatic rings. The van der Waals surface area contributed by atoms with Crippen LogP contribution in [0.1, 0.15) is 17.9 Å². The standard InChI is InChI=1S/C11H15NO2S/c12-8-3-1-7(2-4-8)9-5-6-15-11(14)10(9)13/h1-4,9H,5-6,12H2,15H4. The molecule has 0 saturated carbocycles. The minimum absolute atomic E-state index is 0.0944. The second-order valence-corrected chi connectivity index (χ2v) is 5.75. The lowest BCUT2D eigenvalue weighted by Crippen LogP contribution is -2.25. The Morgan fingerprint density at radius 1 is 1.20 bits per heavy atom. The Morgan fingerprint density at radius 2 is 1.87 bits per heavy atom. The number of hydrogen-bond acceptors (Lipinski definition) is 3. The summed E-state index contributed by atoms with van der Waals surface area (Å²) in [6.07, 6.45) is 0.834. The van der Waals surface area contributed by atoms with E-state index in [0.717, 1.165) is 17.7 Å². The van der Waals surface area contributed by atoms with E-state index in [0.29, 0.717) is 5.69 Å². The van der Waals surface area contributed by atoms with E-state index in [1.54, 1.807) is 12.1 Å². The highest BCUT2D eigenvalue weighted by Gasteiger charge is 2.28. The maximum atomic E-state index is 11.7. The monoisotopic (exact) mass is 225 g/mol. The van der Waals surface area contributed by atoms with E-state index in [9.17, 15) is 9.59 Å². The van der Waals surface area contributed by atoms with Crippen molar-refractivity contribution in [2.45, 2.75) is 12.3 Å². The Kier molecular flexibility index (Phi) is 2.77. The minimum atomic E-state index is -0.772. The highest BCUT2D eigenvalue weighted by molar-refractivity contribution is 8.15. The predicted molar refractivity (Wildman–Crippen MR) is 66.3 cm³/mol. The summed E-state index contributed by atoms with van der Waals surface area (Å²) < 4.78 is 0. The van der Waals surface area contributed by atoms with Crippen LogP contribution in [-0.2, 0) is 9.59 Å². The van der Waals surface area contributed by atoms with Crippen molar-refractivity contribution in [3.63, 3.8) is 0 Å². The molecule has 3 nitrogen and oxygen atoms in total. The number of nitrogen functional groups attached to an aromatic ring is 1. The SMILES string of the molecule is Nc1ccc(C2CC[SH4]C(=O)C2=O)cc1. The zero-order valence-electron chi connectivity index (χ0n) is 8.40. The van der Waals surface area contributed by atoms with Crippen LogP contribution in [0.5, 0.6) is 0 Å². The van der Waals surface area contributed by atoms with Gasteiger partial charge in [-0.15, -0.1) is 0 Å². The van der Waals surface area contributed by atoms with Gasteiger partial charge in [-0.25, -0.2) is 0 Å². The first-order chi connectivity index (χ1) is 7.18. The van der Waals surface area contributed by atoms with Crippen LogP contribution in [0.3, 0.4) is 0 Å². The predicted octanol–water partition coefficient (Wildman–Crippen LogP) is 0.514. The Labute approximate surface area is 92.0 Å². The van der Waals surface area contributed by atoms with Crippen LogP contribution in [0.2, 0.25) is 0 Å². The first-order valence-electron chi connectivity index (χ1n) is 5.11. The Bertz CT molecular complexity index is 400. The van der Waals surface area contributed by atoms with E-state index in [2.05, 4.69) is 0 Å². The first kappa shape index (κ1) is 10.2. The van der Waals surface area contributed by atoms with Gasteiger partial charge in [0.1, 0.15) is 0 Å². The zero-order valence-corrected chi connectivity index (χ0v) is 9.82. The molecule has 1 fully saturated rings. The molecule has 1 unspecified atom stereocenters. The van der Waals surface area contributed by atoms with Crippen molar-refractivity contribution in [2.75, 3.05) is 11.5 Å². The molecule has 1 atom stereocenters. The highest BCUT2D eigenvalue weighted by atomic mass is 32.2. The van der Waals surface area contributed by atoms with E-state index in [-0.39, 0.29) is 16.8 Å². The molecule has 4 heteroatoms. The van der Waals surface area contributed by atoms with E-state index in [4.69, 9.17) is 5.73 Å². The van der Waals surface area contributed by atoms with Gasteiger partial charge in [0.25, 0.3) is 0 Å². The molecule has 15 heavy (non-hydrogen) atoms. The quantitative estimate of drug-likeness (QED) is 0.560. The van der Waals surface area contributed by atoms with Crippen LogP contribution in [0.25, 0.3) is 0 Å². The number of rotatable bonds is 1. The Balaban J connectivity index is 2.26. The molecule has 2 N–H and O–H groups in total. The smallest absolute Gasteiger partial charge is 0.217 e. The number of ketones is 1. The fourth-order valence-electron chi connectivity index (χ4n) is 1.96. The van der Waals surface area contributed by atoms with Gasteiger partial charge >= 0.3 is 0 Å². The van der Waals surface area contributed by atoms with Crippen molar-refractivity contribution in [2.24, 2.45) is 0 Å². The minimum Gasteiger partial charge on any atom is -0.399 e. The topological polar surface area (TPSA) is 60.2 Å². The number of nitrogens with two attached hydrogens (primary N) is 1. The molecule has 0 spiro atoms. The van der Waals surface area contributed by atoms with E-state index in [1.165, 1.54) is 0 Å². The van der Waals surface area contributed by atoms with E-state index in [1.807, 2.05) is 12.1 Å². The molecule has 0 aromatic heterocycles. The third kappa shape index (κ3) is 2.04. The van der Waals surface area contributed by atoms with Crippen LogP contribution in [0, 0.1) is 0 Å². The largest absolute Gasteiger partial charge is 0.399 e. The van der Waals surface area contributed by atoms with E-state index >= 15 is 0 Å². The van der Waals surface area contributed by atoms with Gasteiger partial charge in [0, 0.05) is 5.69 Å². The van der Waals surface area contributed by atoms with Gasteiger partial charge in [0.15, 0.2) is 0 Å². The molecule has 1 heterocycles. The molecule has 0 aliphatic carbocycles. The molecule has 0 amide bonds. The second kappa shape index (κ2) is 4.06. The van der Waals surface area contributed by atoms with Gasteiger partial charge in [0.2, 0.25) is 10.9 Å². The number of carbonyl (C=O) groups is 2. The summed E-state index contributed by atoms with van der Waals surface area (Å²) in [4.78, 5) is 23.0. The van der Waals surface area contributed by atoms with Crippen LogP contribution in [0.4, 0.5) is 5.69 Å². The Hall–Kier alpha value is -1.29. The third-order valence-corrected chi connectivity index (χ3v) is 4.39. The zero-order chi connectivity index (χ0) is 10.8.